The third kappa shape index (κ3) is 8.27. The molecule has 21 heavy (non-hydrogen) atoms. The molecular weight excluding hydrogens is 268 g/mol. The van der Waals surface area contributed by atoms with Crippen molar-refractivity contribution in [3.63, 3.8) is 0 Å². The number of carbonyl (C=O) groups is 1. The zero-order valence-electron chi connectivity index (χ0n) is 14.0. The number of carbonyl (C=O) groups excluding carboxylic acids is 1. The molecule has 5 heteroatoms. The number of aliphatic hydroxyl groups excluding tert-OH is 1. The summed E-state index contributed by atoms with van der Waals surface area (Å²) in [6, 6.07) is 0. The summed E-state index contributed by atoms with van der Waals surface area (Å²) in [5.41, 5.74) is -0.427. The fourth-order valence-corrected chi connectivity index (χ4v) is 2.55. The smallest absolute Gasteiger partial charge is 0.410 e. The summed E-state index contributed by atoms with van der Waals surface area (Å²) in [7, 11) is 0. The summed E-state index contributed by atoms with van der Waals surface area (Å²) in [5.74, 6) is 0.498. The largest absolute Gasteiger partial charge is 0.444 e. The number of nitrogens with one attached hydrogen (secondary N) is 1. The maximum atomic E-state index is 12.1. The molecule has 1 amide bonds. The Labute approximate surface area is 129 Å². The first-order valence-electron chi connectivity index (χ1n) is 8.14. The maximum absolute atomic E-state index is 12.1. The van der Waals surface area contributed by atoms with Gasteiger partial charge in [-0.1, -0.05) is 0 Å². The number of likely N-dealkylation sites (tertiary alicyclic amines) is 1. The predicted octanol–water partition coefficient (Wildman–Crippen LogP) is 2.38. The summed E-state index contributed by atoms with van der Waals surface area (Å²) in [4.78, 5) is 13.9. The molecule has 1 rings (SSSR count). The third-order valence-electron chi connectivity index (χ3n) is 3.58. The molecule has 2 unspecified atom stereocenters. The summed E-state index contributed by atoms with van der Waals surface area (Å²) in [5, 5.41) is 12.6. The zero-order valence-corrected chi connectivity index (χ0v) is 14.0. The summed E-state index contributed by atoms with van der Waals surface area (Å²) in [6.45, 7) is 10.9. The van der Waals surface area contributed by atoms with Crippen LogP contribution in [-0.4, -0.2) is 54.0 Å². The minimum absolute atomic E-state index is 0.193. The molecule has 2 N–H and O–H groups in total. The van der Waals surface area contributed by atoms with Gasteiger partial charge in [-0.2, -0.15) is 0 Å². The minimum atomic E-state index is -0.427. The van der Waals surface area contributed by atoms with Crippen LogP contribution in [-0.2, 0) is 4.74 Å². The Morgan fingerprint density at radius 3 is 2.81 bits per heavy atom. The van der Waals surface area contributed by atoms with E-state index in [1.807, 2.05) is 32.6 Å². The molecule has 1 heterocycles. The fraction of sp³-hybridized carbons (Fsp3) is 0.938. The van der Waals surface area contributed by atoms with Gasteiger partial charge in [0.25, 0.3) is 0 Å². The Balaban J connectivity index is 2.24. The topological polar surface area (TPSA) is 61.8 Å². The van der Waals surface area contributed by atoms with Gasteiger partial charge in [0.2, 0.25) is 0 Å². The number of aliphatic hydroxyl groups is 1. The Bertz CT molecular complexity index is 313. The number of rotatable bonds is 6. The van der Waals surface area contributed by atoms with Crippen molar-refractivity contribution in [3.8, 4) is 0 Å². The molecular formula is C16H32N2O3. The highest BCUT2D eigenvalue weighted by molar-refractivity contribution is 5.68. The molecule has 5 nitrogen and oxygen atoms in total. The summed E-state index contributed by atoms with van der Waals surface area (Å²) >= 11 is 0. The van der Waals surface area contributed by atoms with Gasteiger partial charge in [-0.15, -0.1) is 0 Å². The van der Waals surface area contributed by atoms with E-state index in [0.717, 1.165) is 51.9 Å². The van der Waals surface area contributed by atoms with Crippen molar-refractivity contribution in [3.05, 3.63) is 0 Å². The van der Waals surface area contributed by atoms with E-state index in [9.17, 15) is 9.90 Å². The van der Waals surface area contributed by atoms with Crippen LogP contribution in [0.25, 0.3) is 0 Å². The Kier molecular flexibility index (Phi) is 7.46. The van der Waals surface area contributed by atoms with Gasteiger partial charge in [0, 0.05) is 13.1 Å². The molecule has 0 bridgehead atoms. The van der Waals surface area contributed by atoms with E-state index in [1.165, 1.54) is 0 Å². The first-order valence-corrected chi connectivity index (χ1v) is 8.14. The van der Waals surface area contributed by atoms with E-state index in [4.69, 9.17) is 4.74 Å². The van der Waals surface area contributed by atoms with E-state index in [0.29, 0.717) is 5.92 Å². The lowest BCUT2D eigenvalue weighted by molar-refractivity contribution is 0.0166. The fourth-order valence-electron chi connectivity index (χ4n) is 2.55. The Morgan fingerprint density at radius 1 is 1.48 bits per heavy atom. The van der Waals surface area contributed by atoms with Gasteiger partial charge in [0.05, 0.1) is 6.10 Å². The minimum Gasteiger partial charge on any atom is -0.444 e. The van der Waals surface area contributed by atoms with Crippen LogP contribution in [0.2, 0.25) is 0 Å². The van der Waals surface area contributed by atoms with Crippen LogP contribution in [0.1, 0.15) is 53.4 Å². The second kappa shape index (κ2) is 8.59. The van der Waals surface area contributed by atoms with Gasteiger partial charge in [0.1, 0.15) is 5.60 Å². The van der Waals surface area contributed by atoms with Crippen LogP contribution in [0.5, 0.6) is 0 Å². The van der Waals surface area contributed by atoms with Crippen molar-refractivity contribution in [2.45, 2.75) is 65.1 Å². The van der Waals surface area contributed by atoms with Crippen LogP contribution in [0, 0.1) is 5.92 Å². The molecule has 0 aromatic carbocycles. The normalized spacial score (nSPS) is 21.2. The first-order chi connectivity index (χ1) is 9.78. The Morgan fingerprint density at radius 2 is 2.19 bits per heavy atom. The highest BCUT2D eigenvalue weighted by atomic mass is 16.6. The average Bonchev–Trinajstić information content (AvgIpc) is 2.36. The molecule has 1 fully saturated rings. The number of piperidine rings is 1. The van der Waals surface area contributed by atoms with E-state index in [-0.39, 0.29) is 12.2 Å². The molecule has 1 aliphatic rings. The molecule has 0 spiro atoms. The van der Waals surface area contributed by atoms with Gasteiger partial charge in [-0.3, -0.25) is 0 Å². The lowest BCUT2D eigenvalue weighted by atomic mass is 9.98. The second-order valence-corrected chi connectivity index (χ2v) is 7.13. The standard InChI is InChI=1S/C16H32N2O3/c1-13(19)7-5-9-17-11-14-8-6-10-18(12-14)15(20)21-16(2,3)4/h13-14,17,19H,5-12H2,1-4H3. The van der Waals surface area contributed by atoms with Crippen LogP contribution < -0.4 is 5.32 Å². The van der Waals surface area contributed by atoms with Gasteiger partial charge >= 0.3 is 6.09 Å². The molecule has 2 atom stereocenters. The number of nitrogens with zero attached hydrogens (tertiary/aromatic N) is 1. The van der Waals surface area contributed by atoms with Crippen LogP contribution in [0.4, 0.5) is 4.79 Å². The first kappa shape index (κ1) is 18.2. The number of ether oxygens (including phenoxy) is 1. The van der Waals surface area contributed by atoms with Gasteiger partial charge < -0.3 is 20.1 Å². The van der Waals surface area contributed by atoms with Crippen molar-refractivity contribution in [2.75, 3.05) is 26.2 Å². The van der Waals surface area contributed by atoms with E-state index in [2.05, 4.69) is 5.32 Å². The molecule has 124 valence electrons. The number of hydrogen-bond acceptors (Lipinski definition) is 4. The van der Waals surface area contributed by atoms with Gasteiger partial charge in [-0.25, -0.2) is 4.79 Å². The molecule has 0 aliphatic carbocycles. The molecule has 1 aliphatic heterocycles. The molecule has 1 saturated heterocycles. The van der Waals surface area contributed by atoms with Crippen molar-refractivity contribution >= 4 is 6.09 Å². The summed E-state index contributed by atoms with van der Waals surface area (Å²) < 4.78 is 5.43. The van der Waals surface area contributed by atoms with Crippen molar-refractivity contribution < 1.29 is 14.6 Å². The molecule has 0 saturated carbocycles. The summed E-state index contributed by atoms with van der Waals surface area (Å²) in [6.07, 6.45) is 3.61. The maximum Gasteiger partial charge on any atom is 0.410 e. The van der Waals surface area contributed by atoms with Crippen LogP contribution in [0.15, 0.2) is 0 Å². The molecule has 0 aromatic heterocycles. The predicted molar refractivity (Wildman–Crippen MR) is 84.3 cm³/mol. The van der Waals surface area contributed by atoms with E-state index < -0.39 is 5.60 Å². The zero-order chi connectivity index (χ0) is 15.9. The lowest BCUT2D eigenvalue weighted by Gasteiger charge is -2.34. The molecule has 0 aromatic rings. The number of hydrogen-bond donors (Lipinski definition) is 2. The van der Waals surface area contributed by atoms with Crippen molar-refractivity contribution in [1.29, 1.82) is 0 Å². The quantitative estimate of drug-likeness (QED) is 0.739. The van der Waals surface area contributed by atoms with E-state index in [1.54, 1.807) is 0 Å². The molecule has 0 radical (unpaired) electrons. The third-order valence-corrected chi connectivity index (χ3v) is 3.58. The van der Waals surface area contributed by atoms with Crippen LogP contribution in [0.3, 0.4) is 0 Å². The lowest BCUT2D eigenvalue weighted by Crippen LogP contribution is -2.45. The monoisotopic (exact) mass is 300 g/mol. The van der Waals surface area contributed by atoms with Crippen LogP contribution >= 0.6 is 0 Å². The van der Waals surface area contributed by atoms with Gasteiger partial charge in [0.15, 0.2) is 0 Å². The number of amides is 1. The second-order valence-electron chi connectivity index (χ2n) is 7.13. The highest BCUT2D eigenvalue weighted by Crippen LogP contribution is 2.18. The Hall–Kier alpha value is -0.810. The SMILES string of the molecule is CC(O)CCCNCC1CCCN(C(=O)OC(C)(C)C)C1. The van der Waals surface area contributed by atoms with E-state index >= 15 is 0 Å². The highest BCUT2D eigenvalue weighted by Gasteiger charge is 2.27. The van der Waals surface area contributed by atoms with Gasteiger partial charge in [-0.05, 0) is 72.4 Å². The van der Waals surface area contributed by atoms with Crippen molar-refractivity contribution in [1.82, 2.24) is 10.2 Å². The average molecular weight is 300 g/mol. The van der Waals surface area contributed by atoms with Crippen molar-refractivity contribution in [2.24, 2.45) is 5.92 Å².